The molecular formula is C14H22ClN3O2. The standard InChI is InChI=1S/C14H22ClN3O2/c1-3-19-10-8-17-14(16-2)18-9-11-20-13-6-4-12(15)5-7-13/h4-7H,3,8-11H2,1-2H3,(H2,16,17,18). The largest absolute Gasteiger partial charge is 0.492 e. The number of aliphatic imine (C=N–C) groups is 1. The van der Waals surface area contributed by atoms with E-state index in [2.05, 4.69) is 15.6 Å². The first-order chi connectivity index (χ1) is 9.76. The van der Waals surface area contributed by atoms with Gasteiger partial charge in [-0.1, -0.05) is 11.6 Å². The van der Waals surface area contributed by atoms with E-state index in [9.17, 15) is 0 Å². The van der Waals surface area contributed by atoms with E-state index in [0.29, 0.717) is 24.8 Å². The van der Waals surface area contributed by atoms with E-state index in [1.807, 2.05) is 19.1 Å². The van der Waals surface area contributed by atoms with E-state index in [0.717, 1.165) is 24.9 Å². The lowest BCUT2D eigenvalue weighted by atomic mass is 10.3. The predicted molar refractivity (Wildman–Crippen MR) is 82.8 cm³/mol. The van der Waals surface area contributed by atoms with Gasteiger partial charge in [-0.05, 0) is 31.2 Å². The molecular weight excluding hydrogens is 278 g/mol. The molecule has 0 unspecified atom stereocenters. The van der Waals surface area contributed by atoms with E-state index in [-0.39, 0.29) is 0 Å². The molecule has 0 radical (unpaired) electrons. The first-order valence-electron chi connectivity index (χ1n) is 6.67. The van der Waals surface area contributed by atoms with Crippen molar-refractivity contribution in [1.82, 2.24) is 10.6 Å². The van der Waals surface area contributed by atoms with Gasteiger partial charge in [-0.2, -0.15) is 0 Å². The van der Waals surface area contributed by atoms with Crippen molar-refractivity contribution < 1.29 is 9.47 Å². The molecule has 0 spiro atoms. The molecule has 0 aliphatic rings. The average Bonchev–Trinajstić information content (AvgIpc) is 2.47. The van der Waals surface area contributed by atoms with Gasteiger partial charge in [0.05, 0.1) is 13.2 Å². The van der Waals surface area contributed by atoms with Crippen molar-refractivity contribution in [2.75, 3.05) is 40.0 Å². The van der Waals surface area contributed by atoms with Crippen LogP contribution >= 0.6 is 11.6 Å². The number of guanidine groups is 1. The van der Waals surface area contributed by atoms with Crippen LogP contribution in [0.3, 0.4) is 0 Å². The van der Waals surface area contributed by atoms with Crippen molar-refractivity contribution in [1.29, 1.82) is 0 Å². The fourth-order valence-electron chi connectivity index (χ4n) is 1.48. The van der Waals surface area contributed by atoms with E-state index in [1.165, 1.54) is 0 Å². The van der Waals surface area contributed by atoms with Gasteiger partial charge in [0.2, 0.25) is 0 Å². The fraction of sp³-hybridized carbons (Fsp3) is 0.500. The summed E-state index contributed by atoms with van der Waals surface area (Å²) in [6.45, 7) is 5.30. The first kappa shape index (κ1) is 16.6. The number of hydrogen-bond acceptors (Lipinski definition) is 3. The van der Waals surface area contributed by atoms with Gasteiger partial charge in [0.15, 0.2) is 5.96 Å². The number of hydrogen-bond donors (Lipinski definition) is 2. The molecule has 0 heterocycles. The number of rotatable bonds is 8. The Morgan fingerprint density at radius 2 is 1.80 bits per heavy atom. The zero-order valence-corrected chi connectivity index (χ0v) is 12.7. The van der Waals surface area contributed by atoms with Crippen molar-refractivity contribution in [3.8, 4) is 5.75 Å². The summed E-state index contributed by atoms with van der Waals surface area (Å²) in [6.07, 6.45) is 0. The Bertz CT molecular complexity index is 396. The molecule has 20 heavy (non-hydrogen) atoms. The summed E-state index contributed by atoms with van der Waals surface area (Å²) in [5, 5.41) is 7.01. The monoisotopic (exact) mass is 299 g/mol. The highest BCUT2D eigenvalue weighted by Gasteiger charge is 1.97. The molecule has 0 atom stereocenters. The van der Waals surface area contributed by atoms with Crippen molar-refractivity contribution in [2.24, 2.45) is 4.99 Å². The Labute approximate surface area is 125 Å². The average molecular weight is 300 g/mol. The zero-order chi connectivity index (χ0) is 14.6. The molecule has 0 bridgehead atoms. The maximum atomic E-state index is 5.80. The van der Waals surface area contributed by atoms with Crippen molar-refractivity contribution in [3.05, 3.63) is 29.3 Å². The van der Waals surface area contributed by atoms with Crippen LogP contribution in [0.5, 0.6) is 5.75 Å². The lowest BCUT2D eigenvalue weighted by Crippen LogP contribution is -2.40. The smallest absolute Gasteiger partial charge is 0.191 e. The second kappa shape index (κ2) is 10.3. The fourth-order valence-corrected chi connectivity index (χ4v) is 1.60. The Kier molecular flexibility index (Phi) is 8.58. The Morgan fingerprint density at radius 3 is 2.40 bits per heavy atom. The quantitative estimate of drug-likeness (QED) is 0.437. The summed E-state index contributed by atoms with van der Waals surface area (Å²) in [5.41, 5.74) is 0. The van der Waals surface area contributed by atoms with Crippen LogP contribution in [0.15, 0.2) is 29.3 Å². The number of nitrogens with one attached hydrogen (secondary N) is 2. The third-order valence-corrected chi connectivity index (χ3v) is 2.70. The van der Waals surface area contributed by atoms with Gasteiger partial charge < -0.3 is 20.1 Å². The van der Waals surface area contributed by atoms with Crippen molar-refractivity contribution in [2.45, 2.75) is 6.92 Å². The highest BCUT2D eigenvalue weighted by molar-refractivity contribution is 6.30. The van der Waals surface area contributed by atoms with Crippen molar-refractivity contribution in [3.63, 3.8) is 0 Å². The topological polar surface area (TPSA) is 54.9 Å². The summed E-state index contributed by atoms with van der Waals surface area (Å²) < 4.78 is 10.8. The van der Waals surface area contributed by atoms with Crippen LogP contribution in [0, 0.1) is 0 Å². The zero-order valence-electron chi connectivity index (χ0n) is 12.0. The van der Waals surface area contributed by atoms with E-state index < -0.39 is 0 Å². The summed E-state index contributed by atoms with van der Waals surface area (Å²) in [5.74, 6) is 1.54. The minimum atomic E-state index is 0.549. The molecule has 1 aromatic rings. The van der Waals surface area contributed by atoms with Crippen LogP contribution in [0.1, 0.15) is 6.92 Å². The summed E-state index contributed by atoms with van der Waals surface area (Å²) >= 11 is 5.80. The number of benzene rings is 1. The molecule has 1 aromatic carbocycles. The highest BCUT2D eigenvalue weighted by atomic mass is 35.5. The van der Waals surface area contributed by atoms with Crippen molar-refractivity contribution >= 4 is 17.6 Å². The minimum Gasteiger partial charge on any atom is -0.492 e. The lowest BCUT2D eigenvalue weighted by Gasteiger charge is -2.12. The maximum Gasteiger partial charge on any atom is 0.191 e. The summed E-state index contributed by atoms with van der Waals surface area (Å²) in [4.78, 5) is 4.11. The molecule has 0 aliphatic carbocycles. The minimum absolute atomic E-state index is 0.549. The number of ether oxygens (including phenoxy) is 2. The van der Waals surface area contributed by atoms with Gasteiger partial charge in [0, 0.05) is 25.2 Å². The molecule has 2 N–H and O–H groups in total. The van der Waals surface area contributed by atoms with Gasteiger partial charge in [-0.3, -0.25) is 4.99 Å². The molecule has 0 saturated heterocycles. The van der Waals surface area contributed by atoms with Gasteiger partial charge in [-0.25, -0.2) is 0 Å². The third-order valence-electron chi connectivity index (χ3n) is 2.44. The second-order valence-electron chi connectivity index (χ2n) is 3.93. The van der Waals surface area contributed by atoms with E-state index in [4.69, 9.17) is 21.1 Å². The van der Waals surface area contributed by atoms with Crippen LogP contribution < -0.4 is 15.4 Å². The van der Waals surface area contributed by atoms with Crippen LogP contribution in [-0.4, -0.2) is 45.9 Å². The third kappa shape index (κ3) is 7.21. The Hall–Kier alpha value is -1.46. The van der Waals surface area contributed by atoms with Crippen LogP contribution in [-0.2, 0) is 4.74 Å². The SMILES string of the molecule is CCOCCNC(=NC)NCCOc1ccc(Cl)cc1. The number of nitrogens with zero attached hydrogens (tertiary/aromatic N) is 1. The maximum absolute atomic E-state index is 5.80. The Balaban J connectivity index is 2.13. The normalized spacial score (nSPS) is 11.2. The van der Waals surface area contributed by atoms with Crippen LogP contribution in [0.2, 0.25) is 5.02 Å². The molecule has 0 aromatic heterocycles. The molecule has 1 rings (SSSR count). The van der Waals surface area contributed by atoms with Gasteiger partial charge in [0.1, 0.15) is 12.4 Å². The van der Waals surface area contributed by atoms with Crippen LogP contribution in [0.4, 0.5) is 0 Å². The van der Waals surface area contributed by atoms with Gasteiger partial charge in [0.25, 0.3) is 0 Å². The Morgan fingerprint density at radius 1 is 1.15 bits per heavy atom. The van der Waals surface area contributed by atoms with E-state index in [1.54, 1.807) is 19.2 Å². The molecule has 0 saturated carbocycles. The first-order valence-corrected chi connectivity index (χ1v) is 7.04. The van der Waals surface area contributed by atoms with Crippen LogP contribution in [0.25, 0.3) is 0 Å². The van der Waals surface area contributed by atoms with Gasteiger partial charge in [-0.15, -0.1) is 0 Å². The molecule has 0 fully saturated rings. The molecule has 6 heteroatoms. The number of halogens is 1. The summed E-state index contributed by atoms with van der Waals surface area (Å²) in [6, 6.07) is 7.30. The molecule has 0 amide bonds. The molecule has 5 nitrogen and oxygen atoms in total. The summed E-state index contributed by atoms with van der Waals surface area (Å²) in [7, 11) is 1.73. The highest BCUT2D eigenvalue weighted by Crippen LogP contribution is 2.14. The van der Waals surface area contributed by atoms with Gasteiger partial charge >= 0.3 is 0 Å². The second-order valence-corrected chi connectivity index (χ2v) is 4.36. The molecule has 112 valence electrons. The van der Waals surface area contributed by atoms with E-state index >= 15 is 0 Å². The predicted octanol–water partition coefficient (Wildman–Crippen LogP) is 1.92. The molecule has 0 aliphatic heterocycles. The lowest BCUT2D eigenvalue weighted by molar-refractivity contribution is 0.152.